The highest BCUT2D eigenvalue weighted by molar-refractivity contribution is 7.46. The van der Waals surface area contributed by atoms with E-state index in [4.69, 9.17) is 25.0 Å². The van der Waals surface area contributed by atoms with Crippen LogP contribution < -0.4 is 10.5 Å². The molecule has 0 radical (unpaired) electrons. The van der Waals surface area contributed by atoms with Crippen LogP contribution in [0.2, 0.25) is 0 Å². The average Bonchev–Trinajstić information content (AvgIpc) is 3.15. The Morgan fingerprint density at radius 3 is 2.80 bits per heavy atom. The van der Waals surface area contributed by atoms with Crippen LogP contribution in [0.4, 0.5) is 0 Å². The summed E-state index contributed by atoms with van der Waals surface area (Å²) in [5.41, 5.74) is 6.29. The molecule has 0 aliphatic heterocycles. The van der Waals surface area contributed by atoms with Gasteiger partial charge in [-0.2, -0.15) is 0 Å². The molecule has 4 N–H and O–H groups in total. The molecule has 2 aromatic rings. The minimum absolute atomic E-state index is 0.203. The molecule has 1 aromatic heterocycles. The fourth-order valence-corrected chi connectivity index (χ4v) is 3.86. The van der Waals surface area contributed by atoms with E-state index in [9.17, 15) is 4.57 Å². The lowest BCUT2D eigenvalue weighted by Gasteiger charge is -2.24. The van der Waals surface area contributed by atoms with E-state index in [1.165, 1.54) is 0 Å². The zero-order chi connectivity index (χ0) is 22.0. The summed E-state index contributed by atoms with van der Waals surface area (Å²) in [6.07, 6.45) is 1.86. The number of methoxy groups -OCH3 is 1. The zero-order valence-corrected chi connectivity index (χ0v) is 18.9. The highest BCUT2D eigenvalue weighted by Crippen LogP contribution is 2.37. The molecule has 9 heteroatoms. The van der Waals surface area contributed by atoms with Crippen molar-refractivity contribution in [1.29, 1.82) is 0 Å². The van der Waals surface area contributed by atoms with E-state index >= 15 is 0 Å². The number of aryl methyl sites for hydroxylation is 1. The molecule has 1 atom stereocenters. The molecule has 0 saturated heterocycles. The third-order valence-corrected chi connectivity index (χ3v) is 5.68. The second-order valence-corrected chi connectivity index (χ2v) is 9.55. The van der Waals surface area contributed by atoms with Crippen LogP contribution in [0.15, 0.2) is 36.4 Å². The van der Waals surface area contributed by atoms with Crippen LogP contribution in [0.25, 0.3) is 0 Å². The van der Waals surface area contributed by atoms with Crippen LogP contribution in [-0.2, 0) is 26.9 Å². The van der Waals surface area contributed by atoms with E-state index in [0.717, 1.165) is 21.1 Å². The van der Waals surface area contributed by atoms with E-state index in [2.05, 4.69) is 16.4 Å². The SMILES string of the molecule is COc1cccc(COCCC#Cc2ccc(CCC(C)(N)COP(=O)(O)O)s2)c1. The fourth-order valence-electron chi connectivity index (χ4n) is 2.52. The lowest BCUT2D eigenvalue weighted by Crippen LogP contribution is -2.41. The van der Waals surface area contributed by atoms with Gasteiger partial charge in [-0.05, 0) is 49.6 Å². The van der Waals surface area contributed by atoms with Crippen molar-refractivity contribution in [1.82, 2.24) is 0 Å². The molecule has 0 saturated carbocycles. The van der Waals surface area contributed by atoms with E-state index in [1.54, 1.807) is 25.4 Å². The number of hydrogen-bond donors (Lipinski definition) is 3. The summed E-state index contributed by atoms with van der Waals surface area (Å²) >= 11 is 1.58. The summed E-state index contributed by atoms with van der Waals surface area (Å²) < 4.78 is 26.2. The fraction of sp³-hybridized carbons (Fsp3) is 0.429. The number of hydrogen-bond acceptors (Lipinski definition) is 6. The minimum atomic E-state index is -4.51. The Labute approximate surface area is 181 Å². The van der Waals surface area contributed by atoms with Crippen molar-refractivity contribution < 1.29 is 28.3 Å². The van der Waals surface area contributed by atoms with Crippen molar-refractivity contribution in [2.45, 2.75) is 38.3 Å². The van der Waals surface area contributed by atoms with Crippen LogP contribution in [-0.4, -0.2) is 35.6 Å². The Morgan fingerprint density at radius 1 is 1.27 bits per heavy atom. The molecule has 7 nitrogen and oxygen atoms in total. The largest absolute Gasteiger partial charge is 0.497 e. The second-order valence-electron chi connectivity index (χ2n) is 7.14. The molecule has 0 fully saturated rings. The second kappa shape index (κ2) is 11.6. The summed E-state index contributed by atoms with van der Waals surface area (Å²) in [4.78, 5) is 19.7. The first kappa shape index (κ1) is 24.6. The summed E-state index contributed by atoms with van der Waals surface area (Å²) in [5, 5.41) is 0. The van der Waals surface area contributed by atoms with Crippen molar-refractivity contribution in [3.8, 4) is 17.6 Å². The molecule has 30 heavy (non-hydrogen) atoms. The van der Waals surface area contributed by atoms with Gasteiger partial charge in [0.05, 0.1) is 31.8 Å². The van der Waals surface area contributed by atoms with E-state index in [1.807, 2.05) is 36.4 Å². The van der Waals surface area contributed by atoms with Gasteiger partial charge >= 0.3 is 7.82 Å². The molecule has 0 spiro atoms. The molecule has 0 aliphatic carbocycles. The van der Waals surface area contributed by atoms with Gasteiger partial charge in [-0.1, -0.05) is 24.0 Å². The number of ether oxygens (including phenoxy) is 2. The standard InChI is InChI=1S/C21H28NO6PS/c1-21(22,16-28-29(23,24)25)12-11-20-10-9-19(30-20)8-3-4-13-27-15-17-6-5-7-18(14-17)26-2/h5-7,9-10,14H,4,11-13,15-16,22H2,1-2H3,(H2,23,24,25). The smallest absolute Gasteiger partial charge is 0.469 e. The lowest BCUT2D eigenvalue weighted by atomic mass is 9.98. The normalized spacial score (nSPS) is 13.4. The molecule has 1 unspecified atom stereocenters. The van der Waals surface area contributed by atoms with Gasteiger partial charge in [-0.3, -0.25) is 4.52 Å². The van der Waals surface area contributed by atoms with Crippen LogP contribution >= 0.6 is 19.2 Å². The van der Waals surface area contributed by atoms with Gasteiger partial charge in [0.1, 0.15) is 5.75 Å². The summed E-state index contributed by atoms with van der Waals surface area (Å²) in [6, 6.07) is 11.7. The number of thiophene rings is 1. The van der Waals surface area contributed by atoms with Crippen LogP contribution in [0.5, 0.6) is 5.75 Å². The Kier molecular flexibility index (Phi) is 9.53. The number of phosphoric ester groups is 1. The lowest BCUT2D eigenvalue weighted by molar-refractivity contribution is 0.126. The summed E-state index contributed by atoms with van der Waals surface area (Å²) in [6.45, 7) is 2.58. The Morgan fingerprint density at radius 2 is 2.07 bits per heavy atom. The topological polar surface area (TPSA) is 111 Å². The van der Waals surface area contributed by atoms with Gasteiger partial charge in [0, 0.05) is 16.8 Å². The first-order valence-electron chi connectivity index (χ1n) is 9.44. The number of benzene rings is 1. The molecule has 1 aromatic carbocycles. The van der Waals surface area contributed by atoms with Crippen LogP contribution in [0.1, 0.15) is 35.1 Å². The van der Waals surface area contributed by atoms with Crippen molar-refractivity contribution in [3.05, 3.63) is 51.7 Å². The van der Waals surface area contributed by atoms with Gasteiger partial charge < -0.3 is 25.0 Å². The Bertz CT molecular complexity index is 911. The maximum absolute atomic E-state index is 10.8. The molecule has 164 valence electrons. The molecular formula is C21H28NO6PS. The number of rotatable bonds is 11. The first-order valence-corrected chi connectivity index (χ1v) is 11.8. The predicted molar refractivity (Wildman–Crippen MR) is 117 cm³/mol. The Hall–Kier alpha value is -1.69. The van der Waals surface area contributed by atoms with Gasteiger partial charge in [-0.15, -0.1) is 11.3 Å². The van der Waals surface area contributed by atoms with E-state index in [-0.39, 0.29) is 6.61 Å². The first-order chi connectivity index (χ1) is 14.2. The molecule has 1 heterocycles. The van der Waals surface area contributed by atoms with Crippen molar-refractivity contribution in [3.63, 3.8) is 0 Å². The maximum atomic E-state index is 10.8. The third-order valence-electron chi connectivity index (χ3n) is 4.15. The van der Waals surface area contributed by atoms with Gasteiger partial charge in [0.15, 0.2) is 0 Å². The van der Waals surface area contributed by atoms with Crippen molar-refractivity contribution in [2.24, 2.45) is 5.73 Å². The van der Waals surface area contributed by atoms with Crippen LogP contribution in [0.3, 0.4) is 0 Å². The number of nitrogens with two attached hydrogens (primary N) is 1. The Balaban J connectivity index is 1.70. The van der Waals surface area contributed by atoms with Gasteiger partial charge in [0.2, 0.25) is 0 Å². The van der Waals surface area contributed by atoms with E-state index in [0.29, 0.717) is 32.5 Å². The highest BCUT2D eigenvalue weighted by atomic mass is 32.1. The highest BCUT2D eigenvalue weighted by Gasteiger charge is 2.24. The molecule has 0 amide bonds. The van der Waals surface area contributed by atoms with Crippen molar-refractivity contribution >= 4 is 19.2 Å². The minimum Gasteiger partial charge on any atom is -0.497 e. The zero-order valence-electron chi connectivity index (χ0n) is 17.2. The molecule has 2 rings (SSSR count). The monoisotopic (exact) mass is 453 g/mol. The maximum Gasteiger partial charge on any atom is 0.469 e. The third kappa shape index (κ3) is 9.88. The number of phosphoric acid groups is 1. The molecular weight excluding hydrogens is 425 g/mol. The van der Waals surface area contributed by atoms with E-state index < -0.39 is 13.4 Å². The molecule has 0 bridgehead atoms. The van der Waals surface area contributed by atoms with Crippen LogP contribution in [0, 0.1) is 11.8 Å². The quantitative estimate of drug-likeness (QED) is 0.271. The van der Waals surface area contributed by atoms with Gasteiger partial charge in [0.25, 0.3) is 0 Å². The average molecular weight is 453 g/mol. The molecule has 0 aliphatic rings. The van der Waals surface area contributed by atoms with Crippen molar-refractivity contribution in [2.75, 3.05) is 20.3 Å². The predicted octanol–water partition coefficient (Wildman–Crippen LogP) is 3.47. The van der Waals surface area contributed by atoms with Gasteiger partial charge in [-0.25, -0.2) is 4.57 Å². The summed E-state index contributed by atoms with van der Waals surface area (Å²) in [5.74, 6) is 7.06. The summed E-state index contributed by atoms with van der Waals surface area (Å²) in [7, 11) is -2.87.